The summed E-state index contributed by atoms with van der Waals surface area (Å²) in [6, 6.07) is 6.61. The SMILES string of the molecule is O=C(Cc1ccc(O)cc1)NCc1nccs1. The number of aromatic hydroxyl groups is 1. The summed E-state index contributed by atoms with van der Waals surface area (Å²) in [7, 11) is 0. The fourth-order valence-electron chi connectivity index (χ4n) is 1.38. The van der Waals surface area contributed by atoms with E-state index in [1.807, 2.05) is 5.38 Å². The van der Waals surface area contributed by atoms with Gasteiger partial charge in [0.05, 0.1) is 13.0 Å². The molecule has 1 aromatic carbocycles. The number of phenols is 1. The van der Waals surface area contributed by atoms with Crippen LogP contribution in [0.5, 0.6) is 5.75 Å². The van der Waals surface area contributed by atoms with E-state index in [4.69, 9.17) is 5.11 Å². The lowest BCUT2D eigenvalue weighted by Crippen LogP contribution is -2.24. The van der Waals surface area contributed by atoms with Crippen molar-refractivity contribution in [2.75, 3.05) is 0 Å². The molecule has 1 heterocycles. The first-order chi connectivity index (χ1) is 8.24. The zero-order valence-electron chi connectivity index (χ0n) is 9.09. The molecule has 0 aliphatic carbocycles. The summed E-state index contributed by atoms with van der Waals surface area (Å²) >= 11 is 1.51. The van der Waals surface area contributed by atoms with Crippen molar-refractivity contribution >= 4 is 17.2 Å². The fraction of sp³-hybridized carbons (Fsp3) is 0.167. The number of phenolic OH excluding ortho intramolecular Hbond substituents is 1. The number of carbonyl (C=O) groups is 1. The van der Waals surface area contributed by atoms with Gasteiger partial charge in [0.25, 0.3) is 0 Å². The van der Waals surface area contributed by atoms with Gasteiger partial charge >= 0.3 is 0 Å². The van der Waals surface area contributed by atoms with Crippen molar-refractivity contribution in [3.63, 3.8) is 0 Å². The van der Waals surface area contributed by atoms with Crippen molar-refractivity contribution in [3.05, 3.63) is 46.4 Å². The van der Waals surface area contributed by atoms with Gasteiger partial charge in [0.15, 0.2) is 0 Å². The number of hydrogen-bond acceptors (Lipinski definition) is 4. The normalized spacial score (nSPS) is 10.1. The molecule has 0 bridgehead atoms. The monoisotopic (exact) mass is 248 g/mol. The number of hydrogen-bond donors (Lipinski definition) is 2. The van der Waals surface area contributed by atoms with Gasteiger partial charge < -0.3 is 10.4 Å². The molecule has 5 heteroatoms. The summed E-state index contributed by atoms with van der Waals surface area (Å²) < 4.78 is 0. The molecule has 88 valence electrons. The summed E-state index contributed by atoms with van der Waals surface area (Å²) in [6.45, 7) is 0.467. The van der Waals surface area contributed by atoms with Crippen LogP contribution >= 0.6 is 11.3 Å². The second-order valence-electron chi connectivity index (χ2n) is 3.55. The van der Waals surface area contributed by atoms with Gasteiger partial charge in [-0.3, -0.25) is 4.79 Å². The molecule has 0 atom stereocenters. The van der Waals surface area contributed by atoms with Crippen LogP contribution in [0.15, 0.2) is 35.8 Å². The maximum absolute atomic E-state index is 11.6. The van der Waals surface area contributed by atoms with Crippen molar-refractivity contribution in [1.29, 1.82) is 0 Å². The average molecular weight is 248 g/mol. The van der Waals surface area contributed by atoms with Gasteiger partial charge in [0, 0.05) is 11.6 Å². The maximum atomic E-state index is 11.6. The molecule has 1 aromatic heterocycles. The highest BCUT2D eigenvalue weighted by Crippen LogP contribution is 2.10. The summed E-state index contributed by atoms with van der Waals surface area (Å²) in [4.78, 5) is 15.7. The molecule has 0 aliphatic rings. The van der Waals surface area contributed by atoms with Crippen LogP contribution in [-0.4, -0.2) is 16.0 Å². The quantitative estimate of drug-likeness (QED) is 0.865. The third-order valence-electron chi connectivity index (χ3n) is 2.22. The smallest absolute Gasteiger partial charge is 0.224 e. The van der Waals surface area contributed by atoms with E-state index < -0.39 is 0 Å². The van der Waals surface area contributed by atoms with Crippen molar-refractivity contribution in [1.82, 2.24) is 10.3 Å². The second-order valence-corrected chi connectivity index (χ2v) is 4.52. The van der Waals surface area contributed by atoms with Crippen molar-refractivity contribution in [3.8, 4) is 5.75 Å². The van der Waals surface area contributed by atoms with Crippen LogP contribution in [0.2, 0.25) is 0 Å². The van der Waals surface area contributed by atoms with Crippen molar-refractivity contribution in [2.24, 2.45) is 0 Å². The number of aromatic nitrogens is 1. The zero-order valence-corrected chi connectivity index (χ0v) is 9.91. The number of rotatable bonds is 4. The molecule has 0 unspecified atom stereocenters. The topological polar surface area (TPSA) is 62.2 Å². The molecule has 0 spiro atoms. The summed E-state index contributed by atoms with van der Waals surface area (Å²) in [5, 5.41) is 14.7. The van der Waals surface area contributed by atoms with Gasteiger partial charge in [0.1, 0.15) is 10.8 Å². The fourth-order valence-corrected chi connectivity index (χ4v) is 1.93. The van der Waals surface area contributed by atoms with E-state index >= 15 is 0 Å². The molecule has 2 rings (SSSR count). The average Bonchev–Trinajstić information content (AvgIpc) is 2.83. The van der Waals surface area contributed by atoms with E-state index in [1.54, 1.807) is 30.5 Å². The first kappa shape index (κ1) is 11.6. The van der Waals surface area contributed by atoms with E-state index in [-0.39, 0.29) is 11.7 Å². The summed E-state index contributed by atoms with van der Waals surface area (Å²) in [6.07, 6.45) is 2.03. The van der Waals surface area contributed by atoms with Gasteiger partial charge in [-0.15, -0.1) is 11.3 Å². The minimum absolute atomic E-state index is 0.0501. The molecule has 2 N–H and O–H groups in total. The highest BCUT2D eigenvalue weighted by molar-refractivity contribution is 7.09. The van der Waals surface area contributed by atoms with Crippen LogP contribution in [-0.2, 0) is 17.8 Å². The molecule has 0 fully saturated rings. The number of amides is 1. The standard InChI is InChI=1S/C12H12N2O2S/c15-10-3-1-9(2-4-10)7-11(16)14-8-12-13-5-6-17-12/h1-6,15H,7-8H2,(H,14,16). The summed E-state index contributed by atoms with van der Waals surface area (Å²) in [5.74, 6) is 0.155. The van der Waals surface area contributed by atoms with Gasteiger partial charge in [-0.05, 0) is 17.7 Å². The van der Waals surface area contributed by atoms with Crippen LogP contribution in [0.25, 0.3) is 0 Å². The Bertz CT molecular complexity index is 480. The van der Waals surface area contributed by atoms with E-state index in [0.29, 0.717) is 13.0 Å². The number of nitrogens with one attached hydrogen (secondary N) is 1. The lowest BCUT2D eigenvalue weighted by Gasteiger charge is -2.03. The number of benzene rings is 1. The van der Waals surface area contributed by atoms with Crippen molar-refractivity contribution in [2.45, 2.75) is 13.0 Å². The highest BCUT2D eigenvalue weighted by Gasteiger charge is 2.04. The molecule has 0 saturated carbocycles. The second kappa shape index (κ2) is 5.45. The predicted molar refractivity (Wildman–Crippen MR) is 65.8 cm³/mol. The van der Waals surface area contributed by atoms with E-state index in [1.165, 1.54) is 11.3 Å². The molecular formula is C12H12N2O2S. The van der Waals surface area contributed by atoms with Gasteiger partial charge in [-0.25, -0.2) is 4.98 Å². The maximum Gasteiger partial charge on any atom is 0.224 e. The third kappa shape index (κ3) is 3.57. The number of nitrogens with zero attached hydrogens (tertiary/aromatic N) is 1. The van der Waals surface area contributed by atoms with Crippen LogP contribution in [0.3, 0.4) is 0 Å². The third-order valence-corrected chi connectivity index (χ3v) is 3.00. The highest BCUT2D eigenvalue weighted by atomic mass is 32.1. The lowest BCUT2D eigenvalue weighted by atomic mass is 10.1. The Morgan fingerprint density at radius 1 is 1.35 bits per heavy atom. The summed E-state index contributed by atoms with van der Waals surface area (Å²) in [5.41, 5.74) is 0.874. The molecule has 0 saturated heterocycles. The van der Waals surface area contributed by atoms with E-state index in [2.05, 4.69) is 10.3 Å². The van der Waals surface area contributed by atoms with Crippen LogP contribution in [0.1, 0.15) is 10.6 Å². The molecular weight excluding hydrogens is 236 g/mol. The number of thiazole rings is 1. The molecule has 4 nitrogen and oxygen atoms in total. The molecule has 17 heavy (non-hydrogen) atoms. The van der Waals surface area contributed by atoms with E-state index in [9.17, 15) is 4.79 Å². The first-order valence-electron chi connectivity index (χ1n) is 5.17. The van der Waals surface area contributed by atoms with E-state index in [0.717, 1.165) is 10.6 Å². The zero-order chi connectivity index (χ0) is 12.1. The minimum atomic E-state index is -0.0501. The van der Waals surface area contributed by atoms with Gasteiger partial charge in [-0.1, -0.05) is 12.1 Å². The molecule has 2 aromatic rings. The van der Waals surface area contributed by atoms with Gasteiger partial charge in [-0.2, -0.15) is 0 Å². The Labute approximate surface area is 103 Å². The number of carbonyl (C=O) groups excluding carboxylic acids is 1. The molecule has 0 radical (unpaired) electrons. The van der Waals surface area contributed by atoms with Gasteiger partial charge in [0.2, 0.25) is 5.91 Å². The lowest BCUT2D eigenvalue weighted by molar-refractivity contribution is -0.120. The minimum Gasteiger partial charge on any atom is -0.508 e. The van der Waals surface area contributed by atoms with Crippen molar-refractivity contribution < 1.29 is 9.90 Å². The Morgan fingerprint density at radius 3 is 2.76 bits per heavy atom. The predicted octanol–water partition coefficient (Wildman–Crippen LogP) is 1.71. The van der Waals surface area contributed by atoms with Crippen LogP contribution in [0.4, 0.5) is 0 Å². The largest absolute Gasteiger partial charge is 0.508 e. The Morgan fingerprint density at radius 2 is 2.12 bits per heavy atom. The Balaban J connectivity index is 1.83. The van der Waals surface area contributed by atoms with Crippen LogP contribution in [0, 0.1) is 0 Å². The first-order valence-corrected chi connectivity index (χ1v) is 6.05. The Hall–Kier alpha value is -1.88. The Kier molecular flexibility index (Phi) is 3.72. The molecule has 0 aliphatic heterocycles. The molecule has 1 amide bonds. The van der Waals surface area contributed by atoms with Crippen LogP contribution < -0.4 is 5.32 Å².